The van der Waals surface area contributed by atoms with E-state index in [2.05, 4.69) is 20.4 Å². The van der Waals surface area contributed by atoms with Crippen molar-refractivity contribution in [3.8, 4) is 5.75 Å². The lowest BCUT2D eigenvalue weighted by atomic mass is 10.1. The summed E-state index contributed by atoms with van der Waals surface area (Å²) in [5.41, 5.74) is 3.27. The van der Waals surface area contributed by atoms with Gasteiger partial charge in [0, 0.05) is 44.4 Å². The lowest BCUT2D eigenvalue weighted by molar-refractivity contribution is -0.0504. The number of nitrogens with one attached hydrogen (secondary N) is 2. The molecule has 0 saturated carbocycles. The molecule has 1 heterocycles. The maximum Gasteiger partial charge on any atom is 0.387 e. The van der Waals surface area contributed by atoms with Gasteiger partial charge in [-0.05, 0) is 49.9 Å². The van der Waals surface area contributed by atoms with Crippen LogP contribution in [-0.2, 0) is 13.1 Å². The van der Waals surface area contributed by atoms with Crippen molar-refractivity contribution in [2.45, 2.75) is 45.9 Å². The summed E-state index contributed by atoms with van der Waals surface area (Å²) in [7, 11) is 1.64. The largest absolute Gasteiger partial charge is 0.434 e. The Morgan fingerprint density at radius 1 is 1.06 bits per heavy atom. The first-order chi connectivity index (χ1) is 15.5. The topological polar surface area (TPSA) is 66.0 Å². The van der Waals surface area contributed by atoms with E-state index in [1.807, 2.05) is 36.1 Å². The highest BCUT2D eigenvalue weighted by molar-refractivity contribution is 5.94. The number of hydrogen-bond donors (Lipinski definition) is 2. The van der Waals surface area contributed by atoms with Gasteiger partial charge in [-0.3, -0.25) is 9.79 Å². The number of carbonyl (C=O) groups excluding carboxylic acids is 1. The van der Waals surface area contributed by atoms with Crippen LogP contribution in [0.25, 0.3) is 0 Å². The van der Waals surface area contributed by atoms with Gasteiger partial charge >= 0.3 is 6.61 Å². The van der Waals surface area contributed by atoms with E-state index in [9.17, 15) is 13.6 Å². The van der Waals surface area contributed by atoms with Crippen molar-refractivity contribution in [3.63, 3.8) is 0 Å². The molecule has 1 fully saturated rings. The van der Waals surface area contributed by atoms with Crippen molar-refractivity contribution in [2.24, 2.45) is 4.99 Å². The van der Waals surface area contributed by atoms with E-state index in [0.717, 1.165) is 37.1 Å². The van der Waals surface area contributed by atoms with Gasteiger partial charge in [0.05, 0.1) is 0 Å². The average Bonchev–Trinajstić information content (AvgIpc) is 2.81. The van der Waals surface area contributed by atoms with E-state index in [0.29, 0.717) is 23.6 Å². The lowest BCUT2D eigenvalue weighted by Gasteiger charge is -2.26. The van der Waals surface area contributed by atoms with E-state index < -0.39 is 6.61 Å². The molecule has 0 radical (unpaired) electrons. The van der Waals surface area contributed by atoms with Gasteiger partial charge < -0.3 is 20.3 Å². The molecule has 1 amide bonds. The average molecular weight is 445 g/mol. The fourth-order valence-corrected chi connectivity index (χ4v) is 3.69. The summed E-state index contributed by atoms with van der Waals surface area (Å²) in [5, 5.41) is 6.32. The molecule has 32 heavy (non-hydrogen) atoms. The predicted octanol–water partition coefficient (Wildman–Crippen LogP) is 4.09. The summed E-state index contributed by atoms with van der Waals surface area (Å²) in [6.07, 6.45) is 3.32. The molecule has 8 heteroatoms. The van der Waals surface area contributed by atoms with Crippen molar-refractivity contribution in [3.05, 3.63) is 64.7 Å². The third-order valence-electron chi connectivity index (χ3n) is 5.41. The molecule has 0 bridgehead atoms. The van der Waals surface area contributed by atoms with Gasteiger partial charge in [0.1, 0.15) is 5.75 Å². The Kier molecular flexibility index (Phi) is 8.41. The van der Waals surface area contributed by atoms with Gasteiger partial charge in [-0.2, -0.15) is 8.78 Å². The molecule has 172 valence electrons. The number of hydrogen-bond acceptors (Lipinski definition) is 3. The molecule has 0 aliphatic carbocycles. The minimum absolute atomic E-state index is 0.0849. The molecule has 3 rings (SSSR count). The van der Waals surface area contributed by atoms with E-state index in [4.69, 9.17) is 0 Å². The summed E-state index contributed by atoms with van der Waals surface area (Å²) < 4.78 is 29.9. The highest BCUT2D eigenvalue weighted by atomic mass is 19.3. The number of benzene rings is 2. The van der Waals surface area contributed by atoms with Gasteiger partial charge in [-0.1, -0.05) is 29.8 Å². The van der Waals surface area contributed by atoms with Gasteiger partial charge in [-0.15, -0.1) is 0 Å². The van der Waals surface area contributed by atoms with Crippen LogP contribution in [0.15, 0.2) is 47.5 Å². The number of ether oxygens (including phenoxy) is 1. The molecular formula is C24H30F2N4O2. The Morgan fingerprint density at radius 2 is 1.75 bits per heavy atom. The van der Waals surface area contributed by atoms with Crippen LogP contribution >= 0.6 is 0 Å². The number of aliphatic imine (C=N–C) groups is 1. The maximum atomic E-state index is 12.7. The number of alkyl halides is 2. The van der Waals surface area contributed by atoms with E-state index in [1.165, 1.54) is 6.42 Å². The highest BCUT2D eigenvalue weighted by Crippen LogP contribution is 2.22. The van der Waals surface area contributed by atoms with Gasteiger partial charge in [0.2, 0.25) is 0 Å². The van der Waals surface area contributed by atoms with Crippen LogP contribution in [0, 0.1) is 6.92 Å². The van der Waals surface area contributed by atoms with Crippen LogP contribution in [0.5, 0.6) is 5.75 Å². The minimum atomic E-state index is -2.88. The second kappa shape index (κ2) is 11.5. The maximum absolute atomic E-state index is 12.7. The van der Waals surface area contributed by atoms with Crippen LogP contribution in [0.3, 0.4) is 0 Å². The number of amides is 1. The zero-order valence-electron chi connectivity index (χ0n) is 18.5. The van der Waals surface area contributed by atoms with Crippen LogP contribution in [-0.4, -0.2) is 43.5 Å². The third-order valence-corrected chi connectivity index (χ3v) is 5.41. The number of aryl methyl sites for hydroxylation is 1. The molecule has 0 unspecified atom stereocenters. The monoisotopic (exact) mass is 444 g/mol. The van der Waals surface area contributed by atoms with Crippen molar-refractivity contribution in [1.29, 1.82) is 0 Å². The first-order valence-electron chi connectivity index (χ1n) is 10.8. The Hall–Kier alpha value is -3.16. The van der Waals surface area contributed by atoms with E-state index in [-0.39, 0.29) is 18.2 Å². The van der Waals surface area contributed by atoms with Crippen LogP contribution in [0.1, 0.15) is 46.3 Å². The Balaban J connectivity index is 1.53. The van der Waals surface area contributed by atoms with Crippen LogP contribution in [0.4, 0.5) is 8.78 Å². The number of nitrogens with zero attached hydrogens (tertiary/aromatic N) is 2. The van der Waals surface area contributed by atoms with Crippen molar-refractivity contribution < 1.29 is 18.3 Å². The summed E-state index contributed by atoms with van der Waals surface area (Å²) in [4.78, 5) is 18.7. The van der Waals surface area contributed by atoms with Gasteiger partial charge in [0.15, 0.2) is 5.96 Å². The van der Waals surface area contributed by atoms with Crippen molar-refractivity contribution in [2.75, 3.05) is 20.1 Å². The zero-order valence-corrected chi connectivity index (χ0v) is 18.5. The molecule has 2 N–H and O–H groups in total. The number of piperidine rings is 1. The Bertz CT molecular complexity index is 926. The fraction of sp³-hybridized carbons (Fsp3) is 0.417. The zero-order chi connectivity index (χ0) is 22.9. The number of carbonyl (C=O) groups is 1. The third kappa shape index (κ3) is 6.67. The second-order valence-corrected chi connectivity index (χ2v) is 7.82. The SMILES string of the molecule is CN=C(NCc1ccc(C(=O)N2CCCCC2)cc1)NCc1cc(C)ccc1OC(F)F. The number of rotatable bonds is 7. The summed E-state index contributed by atoms with van der Waals surface area (Å²) in [6.45, 7) is 1.46. The molecule has 1 saturated heterocycles. The lowest BCUT2D eigenvalue weighted by Crippen LogP contribution is -2.36. The molecule has 2 aromatic carbocycles. The van der Waals surface area contributed by atoms with E-state index in [1.54, 1.807) is 25.2 Å². The van der Waals surface area contributed by atoms with Gasteiger partial charge in [-0.25, -0.2) is 0 Å². The molecule has 1 aliphatic heterocycles. The quantitative estimate of drug-likeness (QED) is 0.499. The predicted molar refractivity (Wildman–Crippen MR) is 121 cm³/mol. The molecule has 0 aromatic heterocycles. The summed E-state index contributed by atoms with van der Waals surface area (Å²) in [6, 6.07) is 12.6. The minimum Gasteiger partial charge on any atom is -0.434 e. The Morgan fingerprint density at radius 3 is 2.41 bits per heavy atom. The van der Waals surface area contributed by atoms with Crippen molar-refractivity contribution >= 4 is 11.9 Å². The molecule has 2 aromatic rings. The number of likely N-dealkylation sites (tertiary alicyclic amines) is 1. The van der Waals surface area contributed by atoms with Gasteiger partial charge in [0.25, 0.3) is 5.91 Å². The Labute approximate surface area is 187 Å². The molecule has 0 spiro atoms. The van der Waals surface area contributed by atoms with Crippen molar-refractivity contribution in [1.82, 2.24) is 15.5 Å². The summed E-state index contributed by atoms with van der Waals surface area (Å²) >= 11 is 0. The normalized spacial score (nSPS) is 14.4. The summed E-state index contributed by atoms with van der Waals surface area (Å²) in [5.74, 6) is 0.757. The molecular weight excluding hydrogens is 414 g/mol. The second-order valence-electron chi connectivity index (χ2n) is 7.82. The highest BCUT2D eigenvalue weighted by Gasteiger charge is 2.18. The number of halogens is 2. The smallest absolute Gasteiger partial charge is 0.387 e. The van der Waals surface area contributed by atoms with Crippen LogP contribution < -0.4 is 15.4 Å². The van der Waals surface area contributed by atoms with E-state index >= 15 is 0 Å². The molecule has 6 nitrogen and oxygen atoms in total. The first kappa shape index (κ1) is 23.5. The standard InChI is InChI=1S/C24H30F2N4O2/c1-17-6-11-21(32-23(25)26)20(14-17)16-29-24(27-2)28-15-18-7-9-19(10-8-18)22(31)30-12-4-3-5-13-30/h6-11,14,23H,3-5,12-13,15-16H2,1-2H3,(H2,27,28,29). The molecule has 1 aliphatic rings. The first-order valence-corrected chi connectivity index (χ1v) is 10.8. The molecule has 0 atom stereocenters. The number of guanidine groups is 1. The fourth-order valence-electron chi connectivity index (χ4n) is 3.69. The van der Waals surface area contributed by atoms with Crippen LogP contribution in [0.2, 0.25) is 0 Å².